The average molecular weight is 394 g/mol. The summed E-state index contributed by atoms with van der Waals surface area (Å²) in [6, 6.07) is 4.31. The molecule has 6 heteroatoms. The van der Waals surface area contributed by atoms with Gasteiger partial charge in [-0.2, -0.15) is 0 Å². The molecule has 0 spiro atoms. The molecule has 2 aliphatic rings. The highest BCUT2D eigenvalue weighted by Crippen LogP contribution is 2.38. The van der Waals surface area contributed by atoms with E-state index in [1.54, 1.807) is 11.8 Å². The van der Waals surface area contributed by atoms with E-state index in [9.17, 15) is 0 Å². The fourth-order valence-corrected chi connectivity index (χ4v) is 4.71. The van der Waals surface area contributed by atoms with E-state index in [-0.39, 0.29) is 0 Å². The van der Waals surface area contributed by atoms with Crippen LogP contribution < -0.4 is 5.32 Å². The van der Waals surface area contributed by atoms with Crippen LogP contribution in [0, 0.1) is 5.92 Å². The first kappa shape index (κ1) is 15.0. The van der Waals surface area contributed by atoms with Crippen molar-refractivity contribution >= 4 is 61.7 Å². The lowest BCUT2D eigenvalue weighted by Crippen LogP contribution is -2.31. The Hall–Kier alpha value is 0.1000. The number of halogens is 3. The molecule has 1 aliphatic heterocycles. The molecule has 0 bridgehead atoms. The third kappa shape index (κ3) is 3.13. The fourth-order valence-electron chi connectivity index (χ4n) is 2.73. The first-order valence-corrected chi connectivity index (χ1v) is 9.29. The topological polar surface area (TPSA) is 24.4 Å². The Balaban J connectivity index is 1.78. The summed E-state index contributed by atoms with van der Waals surface area (Å²) >= 11 is 17.6. The number of nitrogens with one attached hydrogen (secondary N) is 1. The van der Waals surface area contributed by atoms with Crippen LogP contribution >= 0.6 is 50.9 Å². The zero-order valence-electron chi connectivity index (χ0n) is 10.8. The molecule has 1 aromatic rings. The molecule has 2 unspecified atom stereocenters. The second kappa shape index (κ2) is 6.47. The second-order valence-electron chi connectivity index (χ2n) is 5.21. The number of hydrogen-bond acceptors (Lipinski definition) is 3. The molecule has 3 rings (SSSR count). The van der Waals surface area contributed by atoms with Gasteiger partial charge in [-0.25, -0.2) is 0 Å². The van der Waals surface area contributed by atoms with Crippen LogP contribution in [-0.2, 0) is 0 Å². The minimum Gasteiger partial charge on any atom is -0.334 e. The van der Waals surface area contributed by atoms with Crippen LogP contribution in [0.3, 0.4) is 0 Å². The van der Waals surface area contributed by atoms with E-state index < -0.39 is 0 Å². The Labute approximate surface area is 141 Å². The van der Waals surface area contributed by atoms with E-state index in [1.807, 2.05) is 12.1 Å². The van der Waals surface area contributed by atoms with Gasteiger partial charge in [0.2, 0.25) is 0 Å². The molecule has 20 heavy (non-hydrogen) atoms. The molecule has 1 fully saturated rings. The lowest BCUT2D eigenvalue weighted by atomic mass is 9.86. The number of benzene rings is 1. The van der Waals surface area contributed by atoms with E-state index in [4.69, 9.17) is 28.2 Å². The maximum atomic E-state index is 6.27. The smallest absolute Gasteiger partial charge is 0.161 e. The van der Waals surface area contributed by atoms with Crippen LogP contribution in [0.1, 0.15) is 25.7 Å². The first-order chi connectivity index (χ1) is 9.65. The number of fused-ring (bicyclic) bond motifs is 1. The van der Waals surface area contributed by atoms with Gasteiger partial charge in [-0.1, -0.05) is 47.8 Å². The Morgan fingerprint density at radius 3 is 2.85 bits per heavy atom. The van der Waals surface area contributed by atoms with Crippen molar-refractivity contribution in [3.8, 4) is 0 Å². The molecule has 108 valence electrons. The maximum absolute atomic E-state index is 6.27. The molecule has 2 atom stereocenters. The minimum absolute atomic E-state index is 0.484. The Bertz CT molecular complexity index is 550. The Kier molecular flexibility index (Phi) is 4.86. The van der Waals surface area contributed by atoms with Crippen LogP contribution in [0.5, 0.6) is 0 Å². The van der Waals surface area contributed by atoms with Crippen molar-refractivity contribution in [1.29, 1.82) is 0 Å². The van der Waals surface area contributed by atoms with Crippen molar-refractivity contribution in [3.05, 3.63) is 26.7 Å². The van der Waals surface area contributed by atoms with E-state index in [1.165, 1.54) is 25.7 Å². The molecule has 0 amide bonds. The number of hydrogen-bond donors (Lipinski definition) is 1. The molecule has 1 heterocycles. The van der Waals surface area contributed by atoms with Gasteiger partial charge >= 0.3 is 0 Å². The minimum atomic E-state index is 0.484. The highest BCUT2D eigenvalue weighted by Gasteiger charge is 2.29. The van der Waals surface area contributed by atoms with Crippen LogP contribution in [0.25, 0.3) is 0 Å². The van der Waals surface area contributed by atoms with Crippen LogP contribution in [0.15, 0.2) is 21.6 Å². The number of thioether (sulfide) groups is 1. The quantitative estimate of drug-likeness (QED) is 0.607. The summed E-state index contributed by atoms with van der Waals surface area (Å²) in [5.74, 6) is 1.90. The number of rotatable bonds is 1. The SMILES string of the molecule is Clc1c(Br)ccc(NC2=NC3CCCCC3CS2)c1Cl. The number of anilines is 1. The molecule has 2 nitrogen and oxygen atoms in total. The molecular weight excluding hydrogens is 379 g/mol. The summed E-state index contributed by atoms with van der Waals surface area (Å²) in [5.41, 5.74) is 0.820. The Morgan fingerprint density at radius 2 is 2.00 bits per heavy atom. The predicted molar refractivity (Wildman–Crippen MR) is 93.4 cm³/mol. The number of nitrogens with zero attached hydrogens (tertiary/aromatic N) is 1. The summed E-state index contributed by atoms with van der Waals surface area (Å²) in [6.07, 6.45) is 5.19. The molecule has 0 saturated heterocycles. The van der Waals surface area contributed by atoms with Gasteiger partial charge in [-0.3, -0.25) is 4.99 Å². The fraction of sp³-hybridized carbons (Fsp3) is 0.500. The summed E-state index contributed by atoms with van der Waals surface area (Å²) in [6.45, 7) is 0. The lowest BCUT2D eigenvalue weighted by Gasteiger charge is -2.32. The first-order valence-electron chi connectivity index (χ1n) is 6.76. The van der Waals surface area contributed by atoms with Gasteiger partial charge in [0.05, 0.1) is 21.8 Å². The summed E-state index contributed by atoms with van der Waals surface area (Å²) in [4.78, 5) is 4.85. The van der Waals surface area contributed by atoms with Gasteiger partial charge in [0, 0.05) is 10.2 Å². The van der Waals surface area contributed by atoms with Crippen molar-refractivity contribution in [2.24, 2.45) is 10.9 Å². The lowest BCUT2D eigenvalue weighted by molar-refractivity contribution is 0.336. The van der Waals surface area contributed by atoms with Crippen LogP contribution in [0.4, 0.5) is 5.69 Å². The highest BCUT2D eigenvalue weighted by molar-refractivity contribution is 9.10. The molecule has 0 aromatic heterocycles. The third-order valence-electron chi connectivity index (χ3n) is 3.86. The normalized spacial score (nSPS) is 25.9. The summed E-state index contributed by atoms with van der Waals surface area (Å²) in [5, 5.41) is 5.37. The van der Waals surface area contributed by atoms with Gasteiger partial charge in [0.25, 0.3) is 0 Å². The van der Waals surface area contributed by atoms with E-state index >= 15 is 0 Å². The maximum Gasteiger partial charge on any atom is 0.161 e. The van der Waals surface area contributed by atoms with Crippen molar-refractivity contribution in [2.75, 3.05) is 11.1 Å². The van der Waals surface area contributed by atoms with Crippen LogP contribution in [0.2, 0.25) is 10.0 Å². The van der Waals surface area contributed by atoms with E-state index in [0.29, 0.717) is 16.1 Å². The standard InChI is InChI=1S/C14H15BrCl2N2S/c15-9-5-6-11(13(17)12(9)16)19-14-18-10-4-2-1-3-8(10)7-20-14/h5-6,8,10H,1-4,7H2,(H,18,19). The third-order valence-corrected chi connectivity index (χ3v) is 6.71. The molecule has 1 aromatic carbocycles. The van der Waals surface area contributed by atoms with Gasteiger partial charge < -0.3 is 5.32 Å². The molecule has 1 N–H and O–H groups in total. The van der Waals surface area contributed by atoms with Crippen molar-refractivity contribution in [1.82, 2.24) is 0 Å². The zero-order chi connectivity index (χ0) is 14.1. The monoisotopic (exact) mass is 392 g/mol. The largest absolute Gasteiger partial charge is 0.334 e. The van der Waals surface area contributed by atoms with Crippen molar-refractivity contribution in [3.63, 3.8) is 0 Å². The zero-order valence-corrected chi connectivity index (χ0v) is 14.7. The van der Waals surface area contributed by atoms with Gasteiger partial charge in [0.1, 0.15) is 0 Å². The van der Waals surface area contributed by atoms with Gasteiger partial charge in [-0.15, -0.1) is 0 Å². The van der Waals surface area contributed by atoms with Crippen LogP contribution in [-0.4, -0.2) is 17.0 Å². The highest BCUT2D eigenvalue weighted by atomic mass is 79.9. The van der Waals surface area contributed by atoms with Crippen molar-refractivity contribution < 1.29 is 0 Å². The van der Waals surface area contributed by atoms with Gasteiger partial charge in [-0.05, 0) is 46.8 Å². The number of amidine groups is 1. The molecule has 0 radical (unpaired) electrons. The number of aliphatic imine (C=N–C) groups is 1. The van der Waals surface area contributed by atoms with Gasteiger partial charge in [0.15, 0.2) is 5.17 Å². The molecule has 1 saturated carbocycles. The summed E-state index contributed by atoms with van der Waals surface area (Å²) in [7, 11) is 0. The second-order valence-corrected chi connectivity index (χ2v) is 7.82. The Morgan fingerprint density at radius 1 is 1.20 bits per heavy atom. The molecular formula is C14H15BrCl2N2S. The van der Waals surface area contributed by atoms with E-state index in [2.05, 4.69) is 21.2 Å². The van der Waals surface area contributed by atoms with Crippen molar-refractivity contribution in [2.45, 2.75) is 31.7 Å². The predicted octanol–water partition coefficient (Wildman–Crippen LogP) is 5.83. The summed E-state index contributed by atoms with van der Waals surface area (Å²) < 4.78 is 0.806. The van der Waals surface area contributed by atoms with E-state index in [0.717, 1.165) is 27.0 Å². The average Bonchev–Trinajstić information content (AvgIpc) is 2.48. The molecule has 1 aliphatic carbocycles.